The molecule has 1 spiro atoms. The molecule has 4 heterocycles. The highest BCUT2D eigenvalue weighted by Gasteiger charge is 2.71. The van der Waals surface area contributed by atoms with Crippen LogP contribution in [0.2, 0.25) is 0 Å². The molecule has 3 aromatic rings. The van der Waals surface area contributed by atoms with Crippen LogP contribution in [0, 0.1) is 11.8 Å². The SMILES string of the molecule is CCOc1ccc(N2CC=C[C@H]3S[C@]45C=CCN(c6ccc7ccccc7c6)C(=O)C4N([C@@H](CC)CO)C(=O)[C@@H]5[C@H]3C2=O)cc1. The van der Waals surface area contributed by atoms with Gasteiger partial charge in [0.25, 0.3) is 5.91 Å². The third-order valence-corrected chi connectivity index (χ3v) is 11.4. The second kappa shape index (κ2) is 11.7. The average Bonchev–Trinajstić information content (AvgIpc) is 3.37. The number of aliphatic hydroxyl groups is 1. The van der Waals surface area contributed by atoms with Gasteiger partial charge in [-0.1, -0.05) is 61.6 Å². The molecular formula is C36H37N3O5S. The molecule has 3 aromatic carbocycles. The number of benzene rings is 3. The van der Waals surface area contributed by atoms with Crippen LogP contribution in [0.1, 0.15) is 20.3 Å². The van der Waals surface area contributed by atoms with E-state index in [1.165, 1.54) is 0 Å². The zero-order valence-electron chi connectivity index (χ0n) is 25.4. The van der Waals surface area contributed by atoms with Gasteiger partial charge < -0.3 is 24.5 Å². The Hall–Kier alpha value is -4.08. The topological polar surface area (TPSA) is 90.4 Å². The fraction of sp³-hybridized carbons (Fsp3) is 0.361. The highest BCUT2D eigenvalue weighted by Crippen LogP contribution is 2.61. The summed E-state index contributed by atoms with van der Waals surface area (Å²) in [6, 6.07) is 20.0. The van der Waals surface area contributed by atoms with Crippen LogP contribution in [0.25, 0.3) is 10.8 Å². The summed E-state index contributed by atoms with van der Waals surface area (Å²) in [6.45, 7) is 4.85. The number of amides is 3. The van der Waals surface area contributed by atoms with Crippen molar-refractivity contribution in [3.63, 3.8) is 0 Å². The number of thioether (sulfide) groups is 1. The Bertz CT molecular complexity index is 1700. The van der Waals surface area contributed by atoms with Gasteiger partial charge in [-0.25, -0.2) is 0 Å². The quantitative estimate of drug-likeness (QED) is 0.380. The molecule has 3 amide bonds. The number of rotatable bonds is 7. The van der Waals surface area contributed by atoms with E-state index in [1.807, 2.05) is 105 Å². The summed E-state index contributed by atoms with van der Waals surface area (Å²) >= 11 is 1.55. The highest BCUT2D eigenvalue weighted by molar-refractivity contribution is 8.02. The van der Waals surface area contributed by atoms with Crippen molar-refractivity contribution in [2.24, 2.45) is 11.8 Å². The molecule has 1 N–H and O–H groups in total. The molecule has 2 fully saturated rings. The van der Waals surface area contributed by atoms with E-state index >= 15 is 0 Å². The van der Waals surface area contributed by atoms with E-state index in [-0.39, 0.29) is 29.6 Å². The van der Waals surface area contributed by atoms with Gasteiger partial charge in [0.1, 0.15) is 11.8 Å². The van der Waals surface area contributed by atoms with Crippen molar-refractivity contribution in [1.82, 2.24) is 4.90 Å². The van der Waals surface area contributed by atoms with Crippen molar-refractivity contribution in [3.05, 3.63) is 91.0 Å². The Morgan fingerprint density at radius 1 is 0.889 bits per heavy atom. The Morgan fingerprint density at radius 3 is 2.33 bits per heavy atom. The van der Waals surface area contributed by atoms with Crippen LogP contribution in [0.15, 0.2) is 91.0 Å². The van der Waals surface area contributed by atoms with Crippen LogP contribution in [0.4, 0.5) is 11.4 Å². The van der Waals surface area contributed by atoms with Crippen LogP contribution in [-0.4, -0.2) is 76.1 Å². The summed E-state index contributed by atoms with van der Waals surface area (Å²) < 4.78 is 4.64. The van der Waals surface area contributed by atoms with Crippen molar-refractivity contribution < 1.29 is 24.2 Å². The maximum Gasteiger partial charge on any atom is 0.251 e. The van der Waals surface area contributed by atoms with E-state index in [9.17, 15) is 19.5 Å². The summed E-state index contributed by atoms with van der Waals surface area (Å²) in [5.41, 5.74) is 1.48. The van der Waals surface area contributed by atoms with E-state index in [1.54, 1.807) is 26.5 Å². The third-order valence-electron chi connectivity index (χ3n) is 9.68. The summed E-state index contributed by atoms with van der Waals surface area (Å²) in [6.07, 6.45) is 8.52. The summed E-state index contributed by atoms with van der Waals surface area (Å²) in [5.74, 6) is -1.26. The maximum absolute atomic E-state index is 14.8. The summed E-state index contributed by atoms with van der Waals surface area (Å²) in [7, 11) is 0. The molecule has 0 bridgehead atoms. The van der Waals surface area contributed by atoms with Crippen molar-refractivity contribution in [2.45, 2.75) is 42.3 Å². The Labute approximate surface area is 267 Å². The molecule has 1 unspecified atom stereocenters. The molecule has 0 saturated carbocycles. The number of ether oxygens (including phenoxy) is 1. The fourth-order valence-electron chi connectivity index (χ4n) is 7.58. The zero-order chi connectivity index (χ0) is 31.3. The molecule has 4 aliphatic rings. The Morgan fingerprint density at radius 2 is 1.60 bits per heavy atom. The number of carbonyl (C=O) groups is 3. The summed E-state index contributed by atoms with van der Waals surface area (Å²) in [5, 5.41) is 12.3. The minimum atomic E-state index is -0.959. The standard InChI is InChI=1S/C36H37N3O5S/c1-3-25(22-40)39-32-35(43)38(27-13-12-23-9-5-6-10-24(23)21-27)20-8-18-36(32)31(34(39)42)30-29(45-36)11-7-19-37(33(30)41)26-14-16-28(17-15-26)44-4-2/h5-18,21,25,29-32,40H,3-4,19-20,22H2,1-2H3/t25-,29+,30-,31-,32?,36-/m0/s1. The number of likely N-dealkylation sites (tertiary alicyclic amines) is 1. The first-order valence-corrected chi connectivity index (χ1v) is 16.6. The van der Waals surface area contributed by atoms with E-state index < -0.39 is 28.7 Å². The number of hydrogen-bond donors (Lipinski definition) is 1. The van der Waals surface area contributed by atoms with Crippen molar-refractivity contribution in [2.75, 3.05) is 36.1 Å². The first kappa shape index (κ1) is 29.6. The van der Waals surface area contributed by atoms with E-state index in [0.717, 1.165) is 27.9 Å². The maximum atomic E-state index is 14.8. The lowest BCUT2D eigenvalue weighted by molar-refractivity contribution is -0.141. The minimum absolute atomic E-state index is 0.133. The molecule has 0 aromatic heterocycles. The van der Waals surface area contributed by atoms with Crippen molar-refractivity contribution in [3.8, 4) is 5.75 Å². The van der Waals surface area contributed by atoms with Crippen LogP contribution in [0.3, 0.4) is 0 Å². The van der Waals surface area contributed by atoms with Gasteiger partial charge in [-0.15, -0.1) is 11.8 Å². The predicted molar refractivity (Wildman–Crippen MR) is 177 cm³/mol. The van der Waals surface area contributed by atoms with Gasteiger partial charge in [0, 0.05) is 29.7 Å². The van der Waals surface area contributed by atoms with Crippen molar-refractivity contribution >= 4 is 51.6 Å². The average molecular weight is 624 g/mol. The smallest absolute Gasteiger partial charge is 0.251 e. The molecule has 6 atom stereocenters. The molecule has 4 aliphatic heterocycles. The van der Waals surface area contributed by atoms with E-state index in [2.05, 4.69) is 0 Å². The van der Waals surface area contributed by atoms with Crippen LogP contribution >= 0.6 is 11.8 Å². The largest absolute Gasteiger partial charge is 0.494 e. The normalized spacial score (nSPS) is 28.2. The predicted octanol–water partition coefficient (Wildman–Crippen LogP) is 4.81. The molecular weight excluding hydrogens is 586 g/mol. The molecule has 8 nitrogen and oxygen atoms in total. The number of anilines is 2. The van der Waals surface area contributed by atoms with Crippen LogP contribution < -0.4 is 14.5 Å². The lowest BCUT2D eigenvalue weighted by Crippen LogP contribution is -2.56. The Kier molecular flexibility index (Phi) is 7.70. The molecule has 232 valence electrons. The molecule has 0 radical (unpaired) electrons. The number of fused-ring (bicyclic) bond motifs is 3. The second-order valence-corrected chi connectivity index (χ2v) is 13.5. The monoisotopic (exact) mass is 623 g/mol. The minimum Gasteiger partial charge on any atom is -0.494 e. The van der Waals surface area contributed by atoms with Gasteiger partial charge in [-0.3, -0.25) is 14.4 Å². The molecule has 45 heavy (non-hydrogen) atoms. The second-order valence-electron chi connectivity index (χ2n) is 12.0. The van der Waals surface area contributed by atoms with Crippen LogP contribution in [0.5, 0.6) is 5.75 Å². The number of carbonyl (C=O) groups excluding carboxylic acids is 3. The summed E-state index contributed by atoms with van der Waals surface area (Å²) in [4.78, 5) is 49.0. The fourth-order valence-corrected chi connectivity index (χ4v) is 9.57. The lowest BCUT2D eigenvalue weighted by atomic mass is 9.78. The van der Waals surface area contributed by atoms with Gasteiger partial charge in [-0.05, 0) is 60.5 Å². The number of hydrogen-bond acceptors (Lipinski definition) is 6. The number of nitrogens with zero attached hydrogens (tertiary/aromatic N) is 3. The van der Waals surface area contributed by atoms with Gasteiger partial charge >= 0.3 is 0 Å². The zero-order valence-corrected chi connectivity index (χ0v) is 26.2. The third kappa shape index (κ3) is 4.67. The van der Waals surface area contributed by atoms with E-state index in [0.29, 0.717) is 26.1 Å². The molecule has 7 rings (SSSR count). The highest BCUT2D eigenvalue weighted by atomic mass is 32.2. The Balaban J connectivity index is 1.30. The van der Waals surface area contributed by atoms with Crippen molar-refractivity contribution in [1.29, 1.82) is 0 Å². The van der Waals surface area contributed by atoms with Gasteiger partial charge in [-0.2, -0.15) is 0 Å². The molecule has 0 aliphatic carbocycles. The van der Waals surface area contributed by atoms with Gasteiger partial charge in [0.05, 0.1) is 35.8 Å². The first-order valence-electron chi connectivity index (χ1n) is 15.7. The van der Waals surface area contributed by atoms with Gasteiger partial charge in [0.15, 0.2) is 0 Å². The van der Waals surface area contributed by atoms with Gasteiger partial charge in [0.2, 0.25) is 11.8 Å². The van der Waals surface area contributed by atoms with Crippen LogP contribution in [-0.2, 0) is 14.4 Å². The van der Waals surface area contributed by atoms with E-state index in [4.69, 9.17) is 4.74 Å². The molecule has 2 saturated heterocycles. The lowest BCUT2D eigenvalue weighted by Gasteiger charge is -2.38. The number of aliphatic hydroxyl groups excluding tert-OH is 1. The molecule has 9 heteroatoms. The first-order chi connectivity index (χ1) is 21.9.